The summed E-state index contributed by atoms with van der Waals surface area (Å²) in [6.07, 6.45) is 3.00. The summed E-state index contributed by atoms with van der Waals surface area (Å²) in [5.74, 6) is -0.00925. The van der Waals surface area contributed by atoms with Gasteiger partial charge in [0.05, 0.1) is 5.41 Å². The Balaban J connectivity index is 1.61. The van der Waals surface area contributed by atoms with Crippen molar-refractivity contribution in [1.82, 2.24) is 10.6 Å². The Morgan fingerprint density at radius 1 is 1.24 bits per heavy atom. The van der Waals surface area contributed by atoms with Gasteiger partial charge in [-0.25, -0.2) is 0 Å². The molecular formula is C16H21N3O2. The topological polar surface area (TPSA) is 70.2 Å². The normalized spacial score (nSPS) is 24.6. The maximum absolute atomic E-state index is 12.3. The first kappa shape index (κ1) is 14.1. The van der Waals surface area contributed by atoms with Gasteiger partial charge in [0.15, 0.2) is 0 Å². The molecule has 1 atom stereocenters. The fourth-order valence-corrected chi connectivity index (χ4v) is 2.49. The van der Waals surface area contributed by atoms with Gasteiger partial charge >= 0.3 is 0 Å². The average molecular weight is 287 g/mol. The lowest BCUT2D eigenvalue weighted by Crippen LogP contribution is -2.35. The van der Waals surface area contributed by atoms with E-state index < -0.39 is 0 Å². The molecule has 5 heteroatoms. The van der Waals surface area contributed by atoms with E-state index in [-0.39, 0.29) is 17.2 Å². The lowest BCUT2D eigenvalue weighted by Gasteiger charge is -2.21. The standard InChI is InChI=1S/C16H21N3O2/c1-16(8-9-17-10-16)15(21)19-13-4-2-11(3-5-13)14(20)18-12-6-7-12/h2-5,12,17H,6-10H2,1H3,(H,18,20)(H,19,21). The molecule has 1 aromatic carbocycles. The lowest BCUT2D eigenvalue weighted by molar-refractivity contribution is -0.123. The fraction of sp³-hybridized carbons (Fsp3) is 0.500. The van der Waals surface area contributed by atoms with Gasteiger partial charge in [0, 0.05) is 23.8 Å². The number of nitrogens with one attached hydrogen (secondary N) is 3. The van der Waals surface area contributed by atoms with Crippen LogP contribution in [0.15, 0.2) is 24.3 Å². The average Bonchev–Trinajstić information content (AvgIpc) is 3.17. The highest BCUT2D eigenvalue weighted by Crippen LogP contribution is 2.26. The van der Waals surface area contributed by atoms with Crippen molar-refractivity contribution >= 4 is 17.5 Å². The first-order valence-electron chi connectivity index (χ1n) is 7.50. The molecule has 3 N–H and O–H groups in total. The van der Waals surface area contributed by atoms with Gasteiger partial charge in [-0.1, -0.05) is 0 Å². The SMILES string of the molecule is CC1(C(=O)Nc2ccc(C(=O)NC3CC3)cc2)CCNC1. The molecule has 1 aliphatic heterocycles. The highest BCUT2D eigenvalue weighted by atomic mass is 16.2. The molecule has 1 unspecified atom stereocenters. The van der Waals surface area contributed by atoms with Crippen LogP contribution in [0.3, 0.4) is 0 Å². The molecule has 1 heterocycles. The number of anilines is 1. The third kappa shape index (κ3) is 3.24. The first-order valence-corrected chi connectivity index (χ1v) is 7.50. The zero-order valence-electron chi connectivity index (χ0n) is 12.2. The highest BCUT2D eigenvalue weighted by molar-refractivity contribution is 5.97. The van der Waals surface area contributed by atoms with E-state index in [1.54, 1.807) is 24.3 Å². The van der Waals surface area contributed by atoms with E-state index in [4.69, 9.17) is 0 Å². The fourth-order valence-electron chi connectivity index (χ4n) is 2.49. The summed E-state index contributed by atoms with van der Waals surface area (Å²) in [4.78, 5) is 24.2. The molecular weight excluding hydrogens is 266 g/mol. The maximum Gasteiger partial charge on any atom is 0.251 e. The highest BCUT2D eigenvalue weighted by Gasteiger charge is 2.36. The van der Waals surface area contributed by atoms with E-state index in [0.29, 0.717) is 18.2 Å². The molecule has 3 rings (SSSR count). The Morgan fingerprint density at radius 2 is 1.95 bits per heavy atom. The van der Waals surface area contributed by atoms with Crippen LogP contribution in [0.2, 0.25) is 0 Å². The maximum atomic E-state index is 12.3. The number of carbonyl (C=O) groups excluding carboxylic acids is 2. The summed E-state index contributed by atoms with van der Waals surface area (Å²) in [7, 11) is 0. The molecule has 0 bridgehead atoms. The van der Waals surface area contributed by atoms with Gasteiger partial charge in [0.25, 0.3) is 5.91 Å². The van der Waals surface area contributed by atoms with Gasteiger partial charge in [-0.2, -0.15) is 0 Å². The second kappa shape index (κ2) is 5.48. The Labute approximate surface area is 124 Å². The number of carbonyl (C=O) groups is 2. The molecule has 1 saturated heterocycles. The van der Waals surface area contributed by atoms with Gasteiger partial charge in [-0.05, 0) is 57.0 Å². The van der Waals surface area contributed by atoms with E-state index >= 15 is 0 Å². The molecule has 0 aromatic heterocycles. The monoisotopic (exact) mass is 287 g/mol. The Hall–Kier alpha value is -1.88. The third-order valence-corrected chi connectivity index (χ3v) is 4.23. The molecule has 0 radical (unpaired) electrons. The third-order valence-electron chi connectivity index (χ3n) is 4.23. The minimum atomic E-state index is -0.345. The van der Waals surface area contributed by atoms with Crippen molar-refractivity contribution in [3.05, 3.63) is 29.8 Å². The van der Waals surface area contributed by atoms with Crippen molar-refractivity contribution in [3.8, 4) is 0 Å². The number of hydrogen-bond acceptors (Lipinski definition) is 3. The van der Waals surface area contributed by atoms with Crippen LogP contribution in [0.1, 0.15) is 36.5 Å². The summed E-state index contributed by atoms with van der Waals surface area (Å²) in [5, 5.41) is 9.09. The summed E-state index contributed by atoms with van der Waals surface area (Å²) >= 11 is 0. The molecule has 1 aliphatic carbocycles. The lowest BCUT2D eigenvalue weighted by atomic mass is 9.89. The second-order valence-electron chi connectivity index (χ2n) is 6.27. The van der Waals surface area contributed by atoms with Crippen molar-refractivity contribution in [2.24, 2.45) is 5.41 Å². The van der Waals surface area contributed by atoms with Crippen LogP contribution in [0, 0.1) is 5.41 Å². The van der Waals surface area contributed by atoms with Crippen LogP contribution in [0.4, 0.5) is 5.69 Å². The molecule has 2 amide bonds. The minimum absolute atomic E-state index is 0.0303. The number of rotatable bonds is 4. The van der Waals surface area contributed by atoms with Gasteiger partial charge in [-0.3, -0.25) is 9.59 Å². The zero-order chi connectivity index (χ0) is 14.9. The largest absolute Gasteiger partial charge is 0.349 e. The van der Waals surface area contributed by atoms with Crippen LogP contribution in [0.25, 0.3) is 0 Å². The van der Waals surface area contributed by atoms with E-state index in [9.17, 15) is 9.59 Å². The molecule has 112 valence electrons. The van der Waals surface area contributed by atoms with E-state index in [2.05, 4.69) is 16.0 Å². The summed E-state index contributed by atoms with van der Waals surface area (Å²) in [6, 6.07) is 7.42. The van der Waals surface area contributed by atoms with Gasteiger partial charge < -0.3 is 16.0 Å². The van der Waals surface area contributed by atoms with Crippen molar-refractivity contribution < 1.29 is 9.59 Å². The van der Waals surface area contributed by atoms with Crippen LogP contribution in [-0.4, -0.2) is 30.9 Å². The Kier molecular flexibility index (Phi) is 3.68. The number of amides is 2. The summed E-state index contributed by atoms with van der Waals surface area (Å²) in [5.41, 5.74) is 1.02. The van der Waals surface area contributed by atoms with Crippen LogP contribution in [-0.2, 0) is 4.79 Å². The zero-order valence-corrected chi connectivity index (χ0v) is 12.2. The van der Waals surface area contributed by atoms with Crippen LogP contribution < -0.4 is 16.0 Å². The van der Waals surface area contributed by atoms with E-state index in [1.807, 2.05) is 6.92 Å². The molecule has 5 nitrogen and oxygen atoms in total. The predicted octanol–water partition coefficient (Wildman–Crippen LogP) is 1.52. The minimum Gasteiger partial charge on any atom is -0.349 e. The second-order valence-corrected chi connectivity index (χ2v) is 6.27. The van der Waals surface area contributed by atoms with Gasteiger partial charge in [0.1, 0.15) is 0 Å². The Morgan fingerprint density at radius 3 is 2.52 bits per heavy atom. The van der Waals surface area contributed by atoms with Crippen molar-refractivity contribution in [2.45, 2.75) is 32.2 Å². The Bertz CT molecular complexity index is 543. The molecule has 21 heavy (non-hydrogen) atoms. The van der Waals surface area contributed by atoms with Gasteiger partial charge in [-0.15, -0.1) is 0 Å². The number of hydrogen-bond donors (Lipinski definition) is 3. The van der Waals surface area contributed by atoms with Crippen molar-refractivity contribution in [3.63, 3.8) is 0 Å². The molecule has 2 aliphatic rings. The van der Waals surface area contributed by atoms with Crippen molar-refractivity contribution in [2.75, 3.05) is 18.4 Å². The summed E-state index contributed by atoms with van der Waals surface area (Å²) in [6.45, 7) is 3.56. The smallest absolute Gasteiger partial charge is 0.251 e. The van der Waals surface area contributed by atoms with Crippen molar-refractivity contribution in [1.29, 1.82) is 0 Å². The summed E-state index contributed by atoms with van der Waals surface area (Å²) < 4.78 is 0. The quantitative estimate of drug-likeness (QED) is 0.786. The molecule has 0 spiro atoms. The first-order chi connectivity index (χ1) is 10.1. The number of benzene rings is 1. The predicted molar refractivity (Wildman–Crippen MR) is 81.2 cm³/mol. The molecule has 2 fully saturated rings. The van der Waals surface area contributed by atoms with E-state index in [1.165, 1.54) is 0 Å². The van der Waals surface area contributed by atoms with Gasteiger partial charge in [0.2, 0.25) is 5.91 Å². The van der Waals surface area contributed by atoms with Crippen LogP contribution in [0.5, 0.6) is 0 Å². The van der Waals surface area contributed by atoms with E-state index in [0.717, 1.165) is 31.5 Å². The molecule has 1 aromatic rings. The molecule has 1 saturated carbocycles. The van der Waals surface area contributed by atoms with Crippen LogP contribution >= 0.6 is 0 Å².